The Morgan fingerprint density at radius 2 is 1.66 bits per heavy atom. The Bertz CT molecular complexity index is 819. The van der Waals surface area contributed by atoms with Gasteiger partial charge in [0.1, 0.15) is 0 Å². The zero-order chi connectivity index (χ0) is 22.6. The van der Waals surface area contributed by atoms with Gasteiger partial charge in [0.2, 0.25) is 5.91 Å². The Balaban J connectivity index is 1.40. The van der Waals surface area contributed by atoms with E-state index in [1.165, 1.54) is 5.56 Å². The monoisotopic (exact) mass is 449 g/mol. The number of carbonyl (C=O) groups excluding carboxylic acids is 1. The minimum atomic E-state index is -4.15. The first-order chi connectivity index (χ1) is 15.2. The van der Waals surface area contributed by atoms with E-state index in [9.17, 15) is 18.0 Å². The molecule has 176 valence electrons. The minimum Gasteiger partial charge on any atom is -0.353 e. The lowest BCUT2D eigenvalue weighted by molar-refractivity contribution is -0.172. The maximum absolute atomic E-state index is 13.7. The molecule has 1 aromatic rings. The van der Waals surface area contributed by atoms with Crippen molar-refractivity contribution in [2.45, 2.75) is 100.0 Å². The van der Waals surface area contributed by atoms with Gasteiger partial charge in [-0.2, -0.15) is 13.2 Å². The normalized spacial score (nSPS) is 39.2. The number of alkyl halides is 3. The van der Waals surface area contributed by atoms with Crippen LogP contribution in [0.5, 0.6) is 0 Å². The summed E-state index contributed by atoms with van der Waals surface area (Å²) in [4.78, 5) is 15.8. The van der Waals surface area contributed by atoms with Crippen LogP contribution >= 0.6 is 0 Å². The van der Waals surface area contributed by atoms with Crippen molar-refractivity contribution in [3.63, 3.8) is 0 Å². The molecule has 32 heavy (non-hydrogen) atoms. The third-order valence-corrected chi connectivity index (χ3v) is 8.75. The van der Waals surface area contributed by atoms with E-state index in [1.807, 2.05) is 18.2 Å². The number of amides is 1. The highest BCUT2D eigenvalue weighted by molar-refractivity contribution is 5.84. The number of piperidine rings is 2. The summed E-state index contributed by atoms with van der Waals surface area (Å²) >= 11 is 0. The molecule has 5 fully saturated rings. The predicted molar refractivity (Wildman–Crippen MR) is 117 cm³/mol. The molecule has 7 heteroatoms. The summed E-state index contributed by atoms with van der Waals surface area (Å²) in [6.45, 7) is 0.0436. The van der Waals surface area contributed by atoms with Crippen LogP contribution in [0.2, 0.25) is 0 Å². The molecule has 2 heterocycles. The zero-order valence-electron chi connectivity index (χ0n) is 18.5. The fourth-order valence-corrected chi connectivity index (χ4v) is 7.44. The summed E-state index contributed by atoms with van der Waals surface area (Å²) in [7, 11) is 0. The van der Waals surface area contributed by atoms with Crippen LogP contribution in [-0.4, -0.2) is 47.7 Å². The van der Waals surface area contributed by atoms with Gasteiger partial charge in [-0.3, -0.25) is 9.69 Å². The van der Waals surface area contributed by atoms with Crippen molar-refractivity contribution in [2.24, 2.45) is 11.1 Å². The summed E-state index contributed by atoms with van der Waals surface area (Å²) in [5.41, 5.74) is 6.68. The lowest BCUT2D eigenvalue weighted by atomic mass is 9.47. The van der Waals surface area contributed by atoms with E-state index in [0.717, 1.165) is 44.9 Å². The van der Waals surface area contributed by atoms with Gasteiger partial charge in [0.25, 0.3) is 0 Å². The Kier molecular flexibility index (Phi) is 5.56. The van der Waals surface area contributed by atoms with Crippen molar-refractivity contribution in [3.05, 3.63) is 35.9 Å². The van der Waals surface area contributed by atoms with Gasteiger partial charge in [-0.25, -0.2) is 0 Å². The van der Waals surface area contributed by atoms with Crippen LogP contribution in [0.15, 0.2) is 30.3 Å². The molecular weight excluding hydrogens is 415 g/mol. The number of rotatable bonds is 5. The molecule has 3 aliphatic carbocycles. The molecule has 2 unspecified atom stereocenters. The van der Waals surface area contributed by atoms with E-state index < -0.39 is 18.0 Å². The van der Waals surface area contributed by atoms with Crippen LogP contribution in [0.4, 0.5) is 13.2 Å². The number of hydrogen-bond donors (Lipinski definition) is 2. The minimum absolute atomic E-state index is 0.0318. The number of halogens is 3. The van der Waals surface area contributed by atoms with Crippen molar-refractivity contribution < 1.29 is 18.0 Å². The zero-order valence-corrected chi connectivity index (χ0v) is 18.5. The Labute approximate surface area is 188 Å². The molecule has 6 rings (SSSR count). The van der Waals surface area contributed by atoms with Gasteiger partial charge in [-0.1, -0.05) is 30.3 Å². The number of nitrogens with one attached hydrogen (secondary N) is 1. The number of benzene rings is 1. The molecule has 2 atom stereocenters. The molecule has 3 saturated carbocycles. The third kappa shape index (κ3) is 4.07. The Hall–Kier alpha value is -1.60. The molecule has 0 aromatic heterocycles. The highest BCUT2D eigenvalue weighted by Gasteiger charge is 2.63. The van der Waals surface area contributed by atoms with E-state index in [0.29, 0.717) is 12.8 Å². The van der Waals surface area contributed by atoms with Crippen LogP contribution in [0.1, 0.15) is 69.8 Å². The largest absolute Gasteiger partial charge is 0.390 e. The maximum atomic E-state index is 13.7. The quantitative estimate of drug-likeness (QED) is 0.706. The molecule has 2 aliphatic heterocycles. The first kappa shape index (κ1) is 22.2. The highest BCUT2D eigenvalue weighted by atomic mass is 19.4. The van der Waals surface area contributed by atoms with Crippen molar-refractivity contribution in [1.29, 1.82) is 0 Å². The molecule has 4 nitrogen and oxygen atoms in total. The summed E-state index contributed by atoms with van der Waals surface area (Å²) in [6, 6.07) is 10.8. The lowest BCUT2D eigenvalue weighted by Crippen LogP contribution is -2.69. The smallest absolute Gasteiger partial charge is 0.353 e. The van der Waals surface area contributed by atoms with E-state index in [-0.39, 0.29) is 42.0 Å². The second kappa shape index (κ2) is 8.01. The van der Waals surface area contributed by atoms with Gasteiger partial charge in [-0.05, 0) is 68.8 Å². The van der Waals surface area contributed by atoms with Gasteiger partial charge in [0.15, 0.2) is 0 Å². The number of nitrogens with zero attached hydrogens (tertiary/aromatic N) is 1. The van der Waals surface area contributed by atoms with Gasteiger partial charge in [0, 0.05) is 30.7 Å². The van der Waals surface area contributed by atoms with Crippen molar-refractivity contribution in [1.82, 2.24) is 10.2 Å². The molecule has 0 radical (unpaired) electrons. The average molecular weight is 450 g/mol. The summed E-state index contributed by atoms with van der Waals surface area (Å²) in [5.74, 6) is 0.128. The van der Waals surface area contributed by atoms with Gasteiger partial charge in [-0.15, -0.1) is 0 Å². The van der Waals surface area contributed by atoms with Crippen molar-refractivity contribution >= 4 is 5.91 Å². The predicted octanol–water partition coefficient (Wildman–Crippen LogP) is 4.28. The van der Waals surface area contributed by atoms with E-state index in [2.05, 4.69) is 22.3 Å². The van der Waals surface area contributed by atoms with Crippen molar-refractivity contribution in [2.75, 3.05) is 6.54 Å². The first-order valence-electron chi connectivity index (χ1n) is 12.1. The molecule has 4 bridgehead atoms. The topological polar surface area (TPSA) is 58.4 Å². The van der Waals surface area contributed by atoms with Crippen molar-refractivity contribution in [3.8, 4) is 0 Å². The van der Waals surface area contributed by atoms with E-state index in [4.69, 9.17) is 5.73 Å². The number of hydrogen-bond acceptors (Lipinski definition) is 3. The fraction of sp³-hybridized carbons (Fsp3) is 0.720. The molecular formula is C25H34F3N3O. The molecule has 5 aliphatic rings. The molecule has 3 N–H and O–H groups in total. The highest BCUT2D eigenvalue weighted by Crippen LogP contribution is 2.62. The van der Waals surface area contributed by atoms with E-state index >= 15 is 0 Å². The van der Waals surface area contributed by atoms with Gasteiger partial charge < -0.3 is 11.1 Å². The first-order valence-corrected chi connectivity index (χ1v) is 12.1. The summed E-state index contributed by atoms with van der Waals surface area (Å²) < 4.78 is 39.0. The van der Waals surface area contributed by atoms with Crippen LogP contribution in [0, 0.1) is 5.41 Å². The summed E-state index contributed by atoms with van der Waals surface area (Å²) in [6.07, 6.45) is 2.61. The lowest BCUT2D eigenvalue weighted by Gasteiger charge is -2.65. The van der Waals surface area contributed by atoms with Crippen LogP contribution in [0.3, 0.4) is 0 Å². The SMILES string of the molecule is NC1CCC(NC(=O)C23CC4CC(c5ccccc5)(CC(C2)N4CCC(F)(F)F)C3)CC1. The van der Waals surface area contributed by atoms with Crippen LogP contribution < -0.4 is 11.1 Å². The number of nitrogens with two attached hydrogens (primary N) is 1. The molecule has 1 aromatic carbocycles. The second-order valence-electron chi connectivity index (χ2n) is 10.9. The fourth-order valence-electron chi connectivity index (χ4n) is 7.44. The number of carbonyl (C=O) groups is 1. The second-order valence-corrected chi connectivity index (χ2v) is 10.9. The maximum Gasteiger partial charge on any atom is 0.390 e. The van der Waals surface area contributed by atoms with Crippen LogP contribution in [0.25, 0.3) is 0 Å². The Morgan fingerprint density at radius 1 is 1.03 bits per heavy atom. The summed E-state index contributed by atoms with van der Waals surface area (Å²) in [5, 5.41) is 3.34. The average Bonchev–Trinajstić information content (AvgIpc) is 2.74. The van der Waals surface area contributed by atoms with Gasteiger partial charge in [0.05, 0.1) is 11.8 Å². The standard InChI is InChI=1S/C25H34F3N3O/c26-25(27,28)10-11-31-20-12-23(17-4-2-1-3-5-17)13-21(31)15-24(14-20,16-23)22(32)30-19-8-6-18(29)7-9-19/h1-5,18-21H,6-16,29H2,(H,30,32). The Morgan fingerprint density at radius 3 is 2.25 bits per heavy atom. The molecule has 0 spiro atoms. The molecule has 2 saturated heterocycles. The van der Waals surface area contributed by atoms with Gasteiger partial charge >= 0.3 is 6.18 Å². The van der Waals surface area contributed by atoms with Crippen LogP contribution in [-0.2, 0) is 10.2 Å². The third-order valence-electron chi connectivity index (χ3n) is 8.75. The van der Waals surface area contributed by atoms with E-state index in [1.54, 1.807) is 0 Å². The molecule has 1 amide bonds.